The average molecular weight is 892 g/mol. The van der Waals surface area contributed by atoms with E-state index in [4.69, 9.17) is 9.47 Å². The largest absolute Gasteiger partial charge is 0.457 e. The molecule has 0 radical (unpaired) electrons. The van der Waals surface area contributed by atoms with E-state index in [1.54, 1.807) is 0 Å². The van der Waals surface area contributed by atoms with Gasteiger partial charge in [0.15, 0.2) is 0 Å². The molecule has 0 saturated heterocycles. The molecule has 0 aromatic heterocycles. The monoisotopic (exact) mass is 891 g/mol. The molecule has 6 heteroatoms. The molecular weight excluding hydrogens is 847 g/mol. The number of ether oxygens (including phenoxy) is 2. The molecule has 0 aliphatic carbocycles. The zero-order chi connectivity index (χ0) is 43.9. The second-order valence-electron chi connectivity index (χ2n) is 18.1. The molecule has 3 aliphatic heterocycles. The fraction of sp³-hybridized carbons (Fsp3) is 0.0847. The molecule has 0 saturated carbocycles. The summed E-state index contributed by atoms with van der Waals surface area (Å²) in [7, 11) is -1.97. The van der Waals surface area contributed by atoms with E-state index in [1.165, 1.54) is 52.2 Å². The van der Waals surface area contributed by atoms with Crippen LogP contribution in [0.4, 0.5) is 17.1 Å². The molecule has 0 unspecified atom stereocenters. The van der Waals surface area contributed by atoms with Gasteiger partial charge in [0.1, 0.15) is 31.1 Å². The van der Waals surface area contributed by atoms with E-state index in [2.05, 4.69) is 232 Å². The van der Waals surface area contributed by atoms with E-state index in [1.807, 2.05) is 23.5 Å². The van der Waals surface area contributed by atoms with E-state index in [9.17, 15) is 0 Å². The van der Waals surface area contributed by atoms with Gasteiger partial charge in [0.2, 0.25) is 0 Å². The van der Waals surface area contributed by atoms with Crippen LogP contribution in [0.2, 0.25) is 13.1 Å². The topological polar surface area (TPSA) is 21.7 Å². The maximum absolute atomic E-state index is 6.74. The van der Waals surface area contributed by atoms with Gasteiger partial charge in [0, 0.05) is 64.3 Å². The molecule has 0 atom stereocenters. The Morgan fingerprint density at radius 3 is 1.54 bits per heavy atom. The molecule has 314 valence electrons. The molecule has 3 aliphatic rings. The molecule has 0 spiro atoms. The normalized spacial score (nSPS) is 14.5. The van der Waals surface area contributed by atoms with Crippen LogP contribution in [-0.2, 0) is 5.41 Å². The first kappa shape index (κ1) is 39.9. The molecule has 0 N–H and O–H groups in total. The summed E-state index contributed by atoms with van der Waals surface area (Å²) in [6.45, 7) is 9.44. The van der Waals surface area contributed by atoms with Crippen LogP contribution in [0.5, 0.6) is 23.0 Å². The fourth-order valence-corrected chi connectivity index (χ4v) is 15.2. The first-order chi connectivity index (χ1) is 31.7. The van der Waals surface area contributed by atoms with Crippen molar-refractivity contribution in [2.24, 2.45) is 0 Å². The quantitative estimate of drug-likeness (QED) is 0.155. The van der Waals surface area contributed by atoms with Crippen molar-refractivity contribution in [1.82, 2.24) is 0 Å². The Hall–Kier alpha value is -6.70. The number of hydrogen-bond donors (Lipinski definition) is 0. The zero-order valence-corrected chi connectivity index (χ0v) is 39.3. The molecular formula is C59H45NO2S2Si. The standard InChI is InChI=1S/C59H45NO2S2Si/c1-59(2)47-17-5-6-19-49(47)61-56-44(14-11-18-48(56)59)38-26-32-41(33-27-38)60(43-36-30-40(31-37-43)46-16-12-23-53-58(46)64-52-22-9-8-21-51(52)63-53)42-34-28-39(29-35-42)45-15-13-25-55-57(45)62-50-20-7-10-24-54(50)65(55,3)4/h5-37H,1-4H3. The van der Waals surface area contributed by atoms with Gasteiger partial charge in [-0.1, -0.05) is 184 Å². The highest BCUT2D eigenvalue weighted by molar-refractivity contribution is 8.05. The maximum Gasteiger partial charge on any atom is 0.139 e. The van der Waals surface area contributed by atoms with Crippen LogP contribution in [0.3, 0.4) is 0 Å². The summed E-state index contributed by atoms with van der Waals surface area (Å²) >= 11 is 3.73. The van der Waals surface area contributed by atoms with Crippen molar-refractivity contribution >= 4 is 59.0 Å². The van der Waals surface area contributed by atoms with Gasteiger partial charge < -0.3 is 14.4 Å². The number of rotatable bonds is 6. The molecule has 0 bridgehead atoms. The van der Waals surface area contributed by atoms with E-state index >= 15 is 0 Å². The van der Waals surface area contributed by atoms with E-state index in [0.717, 1.165) is 62.3 Å². The van der Waals surface area contributed by atoms with Crippen LogP contribution >= 0.6 is 23.5 Å². The van der Waals surface area contributed by atoms with Crippen molar-refractivity contribution in [3.8, 4) is 56.4 Å². The van der Waals surface area contributed by atoms with Gasteiger partial charge in [-0.05, 0) is 99.4 Å². The number of hydrogen-bond acceptors (Lipinski definition) is 5. The Bertz CT molecular complexity index is 3170. The van der Waals surface area contributed by atoms with Crippen LogP contribution in [0, 0.1) is 0 Å². The number of benzene rings is 9. The van der Waals surface area contributed by atoms with Crippen molar-refractivity contribution < 1.29 is 9.47 Å². The zero-order valence-electron chi connectivity index (χ0n) is 36.6. The van der Waals surface area contributed by atoms with Crippen LogP contribution in [0.25, 0.3) is 33.4 Å². The van der Waals surface area contributed by atoms with E-state index in [-0.39, 0.29) is 5.41 Å². The summed E-state index contributed by atoms with van der Waals surface area (Å²) < 4.78 is 13.4. The Labute approximate surface area is 390 Å². The third kappa shape index (κ3) is 6.65. The highest BCUT2D eigenvalue weighted by Crippen LogP contribution is 2.53. The third-order valence-corrected chi connectivity index (χ3v) is 19.6. The summed E-state index contributed by atoms with van der Waals surface area (Å²) in [4.78, 5) is 7.59. The summed E-state index contributed by atoms with van der Waals surface area (Å²) in [6.07, 6.45) is 0. The Morgan fingerprint density at radius 1 is 0.400 bits per heavy atom. The lowest BCUT2D eigenvalue weighted by Crippen LogP contribution is -2.56. The lowest BCUT2D eigenvalue weighted by molar-refractivity contribution is 0.419. The van der Waals surface area contributed by atoms with Gasteiger partial charge in [-0.3, -0.25) is 0 Å². The van der Waals surface area contributed by atoms with E-state index in [0.29, 0.717) is 0 Å². The number of fused-ring (bicyclic) bond motifs is 6. The SMILES string of the molecule is CC1(C)c2ccccc2Oc2c(-c3ccc(N(c4ccc(-c5cccc6c5Oc5ccccc5[Si]6(C)C)cc4)c4ccc(-c5cccc6c5Sc5ccccc5S6)cc4)cc3)cccc21. The lowest BCUT2D eigenvalue weighted by atomic mass is 9.75. The molecule has 9 aromatic carbocycles. The predicted octanol–water partition coefficient (Wildman–Crippen LogP) is 16.1. The summed E-state index contributed by atoms with van der Waals surface area (Å²) in [5.41, 5.74) is 12.3. The Balaban J connectivity index is 0.927. The van der Waals surface area contributed by atoms with Crippen LogP contribution < -0.4 is 24.7 Å². The number of anilines is 3. The fourth-order valence-electron chi connectivity index (χ4n) is 9.98. The van der Waals surface area contributed by atoms with E-state index < -0.39 is 8.07 Å². The Kier molecular flexibility index (Phi) is 9.49. The third-order valence-electron chi connectivity index (χ3n) is 13.5. The molecule has 3 nitrogen and oxygen atoms in total. The van der Waals surface area contributed by atoms with Gasteiger partial charge in [-0.25, -0.2) is 0 Å². The highest BCUT2D eigenvalue weighted by atomic mass is 32.2. The average Bonchev–Trinajstić information content (AvgIpc) is 3.34. The van der Waals surface area contributed by atoms with Crippen molar-refractivity contribution in [3.63, 3.8) is 0 Å². The van der Waals surface area contributed by atoms with Crippen molar-refractivity contribution in [2.45, 2.75) is 51.9 Å². The smallest absolute Gasteiger partial charge is 0.139 e. The first-order valence-electron chi connectivity index (χ1n) is 22.2. The predicted molar refractivity (Wildman–Crippen MR) is 274 cm³/mol. The van der Waals surface area contributed by atoms with Crippen molar-refractivity contribution in [2.75, 3.05) is 4.90 Å². The van der Waals surface area contributed by atoms with Crippen molar-refractivity contribution in [1.29, 1.82) is 0 Å². The van der Waals surface area contributed by atoms with Gasteiger partial charge >= 0.3 is 0 Å². The molecule has 0 amide bonds. The second kappa shape index (κ2) is 15.5. The first-order valence-corrected chi connectivity index (χ1v) is 26.9. The van der Waals surface area contributed by atoms with Gasteiger partial charge in [0.25, 0.3) is 0 Å². The minimum absolute atomic E-state index is 0.190. The summed E-state index contributed by atoms with van der Waals surface area (Å²) in [5.74, 6) is 3.81. The second-order valence-corrected chi connectivity index (χ2v) is 24.5. The molecule has 3 heterocycles. The molecule has 0 fully saturated rings. The molecule has 9 aromatic rings. The lowest BCUT2D eigenvalue weighted by Gasteiger charge is -2.35. The number of para-hydroxylation sites is 4. The minimum Gasteiger partial charge on any atom is -0.457 e. The maximum atomic E-state index is 6.74. The van der Waals surface area contributed by atoms with Crippen LogP contribution in [-0.4, -0.2) is 8.07 Å². The highest BCUT2D eigenvalue weighted by Gasteiger charge is 2.38. The van der Waals surface area contributed by atoms with Crippen LogP contribution in [0.1, 0.15) is 25.0 Å². The summed E-state index contributed by atoms with van der Waals surface area (Å²) in [6, 6.07) is 72.6. The number of nitrogens with zero attached hydrogens (tertiary/aromatic N) is 1. The van der Waals surface area contributed by atoms with Gasteiger partial charge in [0.05, 0.1) is 0 Å². The summed E-state index contributed by atoms with van der Waals surface area (Å²) in [5, 5.41) is 2.68. The Morgan fingerprint density at radius 2 is 0.862 bits per heavy atom. The van der Waals surface area contributed by atoms with Gasteiger partial charge in [-0.15, -0.1) is 0 Å². The van der Waals surface area contributed by atoms with Crippen LogP contribution in [0.15, 0.2) is 220 Å². The van der Waals surface area contributed by atoms with Gasteiger partial charge in [-0.2, -0.15) is 0 Å². The molecule has 65 heavy (non-hydrogen) atoms. The molecule has 12 rings (SSSR count). The van der Waals surface area contributed by atoms with Crippen molar-refractivity contribution in [3.05, 3.63) is 211 Å². The minimum atomic E-state index is -1.97.